The van der Waals surface area contributed by atoms with Crippen LogP contribution in [0.25, 0.3) is 17.1 Å². The third kappa shape index (κ3) is 3.47. The summed E-state index contributed by atoms with van der Waals surface area (Å²) in [4.78, 5) is 23.5. The first-order valence-electron chi connectivity index (χ1n) is 11.0. The Balaban J connectivity index is 1.34. The number of rotatable bonds is 4. The lowest BCUT2D eigenvalue weighted by Gasteiger charge is -2.34. The third-order valence-electron chi connectivity index (χ3n) is 6.59. The van der Waals surface area contributed by atoms with Crippen molar-refractivity contribution in [3.05, 3.63) is 51.7 Å². The molecule has 3 aliphatic rings. The predicted octanol–water partition coefficient (Wildman–Crippen LogP) is 3.40. The van der Waals surface area contributed by atoms with Gasteiger partial charge in [-0.05, 0) is 55.2 Å². The van der Waals surface area contributed by atoms with Crippen molar-refractivity contribution in [2.75, 3.05) is 32.7 Å². The molecule has 6 nitrogen and oxygen atoms in total. The molecule has 1 amide bonds. The average Bonchev–Trinajstić information content (AvgIpc) is 3.33. The molecule has 6 rings (SSSR count). The number of nitrogens with zero attached hydrogens (tertiary/aromatic N) is 5. The van der Waals surface area contributed by atoms with E-state index >= 15 is 0 Å². The highest BCUT2D eigenvalue weighted by Gasteiger charge is 2.33. The molecule has 0 spiro atoms. The van der Waals surface area contributed by atoms with Gasteiger partial charge in [-0.3, -0.25) is 9.69 Å². The first kappa shape index (κ1) is 19.1. The van der Waals surface area contributed by atoms with Gasteiger partial charge in [0.1, 0.15) is 5.82 Å². The van der Waals surface area contributed by atoms with Crippen molar-refractivity contribution in [1.29, 1.82) is 0 Å². The van der Waals surface area contributed by atoms with E-state index in [9.17, 15) is 9.18 Å². The molecule has 0 unspecified atom stereocenters. The Morgan fingerprint density at radius 2 is 1.97 bits per heavy atom. The molecule has 1 aliphatic heterocycles. The van der Waals surface area contributed by atoms with Gasteiger partial charge < -0.3 is 4.90 Å². The van der Waals surface area contributed by atoms with E-state index in [1.54, 1.807) is 22.1 Å². The van der Waals surface area contributed by atoms with Gasteiger partial charge >= 0.3 is 0 Å². The van der Waals surface area contributed by atoms with Crippen LogP contribution >= 0.6 is 11.3 Å². The zero-order chi connectivity index (χ0) is 20.9. The zero-order valence-electron chi connectivity index (χ0n) is 17.3. The quantitative estimate of drug-likeness (QED) is 0.628. The zero-order valence-corrected chi connectivity index (χ0v) is 18.1. The summed E-state index contributed by atoms with van der Waals surface area (Å²) in [7, 11) is 0. The summed E-state index contributed by atoms with van der Waals surface area (Å²) in [5.41, 5.74) is 3.55. The number of piperazine rings is 1. The molecule has 31 heavy (non-hydrogen) atoms. The summed E-state index contributed by atoms with van der Waals surface area (Å²) in [5, 5.41) is 6.83. The first-order chi connectivity index (χ1) is 15.2. The van der Waals surface area contributed by atoms with Crippen LogP contribution in [0.5, 0.6) is 0 Å². The van der Waals surface area contributed by atoms with Gasteiger partial charge in [-0.15, -0.1) is 11.3 Å². The van der Waals surface area contributed by atoms with E-state index in [1.807, 2.05) is 4.90 Å². The minimum Gasteiger partial charge on any atom is -0.335 e. The summed E-state index contributed by atoms with van der Waals surface area (Å²) in [5.74, 6) is 1.02. The molecule has 8 heteroatoms. The molecular formula is C23H24FN5OS. The highest BCUT2D eigenvalue weighted by atomic mass is 32.1. The van der Waals surface area contributed by atoms with Gasteiger partial charge in [-0.2, -0.15) is 5.10 Å². The molecule has 1 saturated heterocycles. The minimum atomic E-state index is -0.388. The number of amides is 1. The summed E-state index contributed by atoms with van der Waals surface area (Å²) >= 11 is 1.73. The van der Waals surface area contributed by atoms with Gasteiger partial charge in [0.05, 0.1) is 11.9 Å². The van der Waals surface area contributed by atoms with Crippen molar-refractivity contribution >= 4 is 17.2 Å². The third-order valence-corrected chi connectivity index (χ3v) is 7.57. The van der Waals surface area contributed by atoms with E-state index in [0.717, 1.165) is 61.8 Å². The summed E-state index contributed by atoms with van der Waals surface area (Å²) in [6, 6.07) is 5.09. The predicted molar refractivity (Wildman–Crippen MR) is 117 cm³/mol. The number of pyridine rings is 1. The van der Waals surface area contributed by atoms with E-state index in [1.165, 1.54) is 36.5 Å². The average molecular weight is 438 g/mol. The fourth-order valence-electron chi connectivity index (χ4n) is 4.73. The van der Waals surface area contributed by atoms with Crippen molar-refractivity contribution < 1.29 is 9.18 Å². The van der Waals surface area contributed by atoms with Crippen molar-refractivity contribution in [2.45, 2.75) is 25.7 Å². The molecule has 1 saturated carbocycles. The van der Waals surface area contributed by atoms with Crippen LogP contribution in [0.2, 0.25) is 0 Å². The number of carbonyl (C=O) groups excluding carboxylic acids is 1. The standard InChI is InChI=1S/C23H24FN5OS/c24-16-3-6-20(25-13-16)29-22-17-7-12-31-19(17)5-4-18(22)21(26-29)23(30)28-10-8-27(9-11-28)14-15-1-2-15/h3,6-7,12-13,15H,1-2,4-5,8-11,14H2. The van der Waals surface area contributed by atoms with Gasteiger partial charge in [0, 0.05) is 48.7 Å². The van der Waals surface area contributed by atoms with Gasteiger partial charge in [0.2, 0.25) is 0 Å². The second-order valence-electron chi connectivity index (χ2n) is 8.72. The highest BCUT2D eigenvalue weighted by Crippen LogP contribution is 2.39. The lowest BCUT2D eigenvalue weighted by Crippen LogP contribution is -2.49. The first-order valence-corrected chi connectivity index (χ1v) is 11.9. The van der Waals surface area contributed by atoms with Crippen LogP contribution in [-0.2, 0) is 12.8 Å². The molecule has 0 radical (unpaired) electrons. The molecule has 2 aliphatic carbocycles. The molecular weight excluding hydrogens is 413 g/mol. The van der Waals surface area contributed by atoms with Crippen molar-refractivity contribution in [1.82, 2.24) is 24.6 Å². The number of hydrogen-bond donors (Lipinski definition) is 0. The topological polar surface area (TPSA) is 54.3 Å². The van der Waals surface area contributed by atoms with Crippen LogP contribution < -0.4 is 0 Å². The van der Waals surface area contributed by atoms with Crippen LogP contribution in [-0.4, -0.2) is 63.2 Å². The number of hydrogen-bond acceptors (Lipinski definition) is 5. The Morgan fingerprint density at radius 3 is 2.71 bits per heavy atom. The van der Waals surface area contributed by atoms with Gasteiger partial charge in [0.15, 0.2) is 11.5 Å². The Bertz CT molecular complexity index is 1130. The summed E-state index contributed by atoms with van der Waals surface area (Å²) in [6.45, 7) is 4.51. The van der Waals surface area contributed by atoms with E-state index in [-0.39, 0.29) is 11.7 Å². The Morgan fingerprint density at radius 1 is 1.13 bits per heavy atom. The molecule has 3 aromatic rings. The van der Waals surface area contributed by atoms with E-state index in [4.69, 9.17) is 5.10 Å². The smallest absolute Gasteiger partial charge is 0.274 e. The minimum absolute atomic E-state index is 0.00173. The lowest BCUT2D eigenvalue weighted by molar-refractivity contribution is 0.0624. The molecule has 160 valence electrons. The van der Waals surface area contributed by atoms with Crippen molar-refractivity contribution in [3.8, 4) is 17.1 Å². The maximum absolute atomic E-state index is 13.5. The second-order valence-corrected chi connectivity index (χ2v) is 9.72. The Hall–Kier alpha value is -2.58. The normalized spacial score (nSPS) is 18.7. The van der Waals surface area contributed by atoms with Crippen LogP contribution in [0.1, 0.15) is 33.8 Å². The fraction of sp³-hybridized carbons (Fsp3) is 0.435. The lowest BCUT2D eigenvalue weighted by atomic mass is 9.94. The van der Waals surface area contributed by atoms with Crippen molar-refractivity contribution in [2.24, 2.45) is 5.92 Å². The van der Waals surface area contributed by atoms with Crippen LogP contribution in [0, 0.1) is 11.7 Å². The van der Waals surface area contributed by atoms with Gasteiger partial charge in [0.25, 0.3) is 5.91 Å². The van der Waals surface area contributed by atoms with Crippen LogP contribution in [0.15, 0.2) is 29.8 Å². The fourth-order valence-corrected chi connectivity index (χ4v) is 5.61. The van der Waals surface area contributed by atoms with Gasteiger partial charge in [-0.1, -0.05) is 0 Å². The second kappa shape index (κ2) is 7.53. The van der Waals surface area contributed by atoms with Crippen LogP contribution in [0.3, 0.4) is 0 Å². The van der Waals surface area contributed by atoms with E-state index < -0.39 is 0 Å². The van der Waals surface area contributed by atoms with Crippen molar-refractivity contribution in [3.63, 3.8) is 0 Å². The largest absolute Gasteiger partial charge is 0.335 e. The molecule has 0 N–H and O–H groups in total. The summed E-state index contributed by atoms with van der Waals surface area (Å²) < 4.78 is 15.2. The highest BCUT2D eigenvalue weighted by molar-refractivity contribution is 7.10. The monoisotopic (exact) mass is 437 g/mol. The number of aryl methyl sites for hydroxylation is 1. The van der Waals surface area contributed by atoms with Crippen LogP contribution in [0.4, 0.5) is 4.39 Å². The summed E-state index contributed by atoms with van der Waals surface area (Å²) in [6.07, 6.45) is 5.60. The Kier molecular flexibility index (Phi) is 4.65. The maximum atomic E-state index is 13.5. The maximum Gasteiger partial charge on any atom is 0.274 e. The molecule has 2 fully saturated rings. The number of halogens is 1. The number of fused-ring (bicyclic) bond motifs is 3. The molecule has 4 heterocycles. The van der Waals surface area contributed by atoms with Gasteiger partial charge in [-0.25, -0.2) is 14.1 Å². The van der Waals surface area contributed by atoms with E-state index in [2.05, 4.69) is 21.3 Å². The molecule has 0 aromatic carbocycles. The molecule has 0 bridgehead atoms. The molecule has 0 atom stereocenters. The number of aromatic nitrogens is 3. The molecule has 3 aromatic heterocycles. The Labute approximate surface area is 184 Å². The number of carbonyl (C=O) groups is 1. The SMILES string of the molecule is O=C(c1nn(-c2ccc(F)cn2)c2c1CCc1sccc1-2)N1CCN(CC2CC2)CC1. The van der Waals surface area contributed by atoms with E-state index in [0.29, 0.717) is 11.5 Å². The number of thiophene rings is 1.